The Balaban J connectivity index is 2.70. The van der Waals surface area contributed by atoms with Crippen molar-refractivity contribution in [3.05, 3.63) is 24.0 Å². The van der Waals surface area contributed by atoms with Crippen LogP contribution in [0, 0.1) is 13.8 Å². The molecule has 0 N–H and O–H groups in total. The summed E-state index contributed by atoms with van der Waals surface area (Å²) < 4.78 is 2.06. The Morgan fingerprint density at radius 2 is 1.25 bits per heavy atom. The van der Waals surface area contributed by atoms with Crippen molar-refractivity contribution < 1.29 is 0 Å². The van der Waals surface area contributed by atoms with Gasteiger partial charge in [0.05, 0.1) is 22.4 Å². The molecular weight excluding hydrogens is 202 g/mol. The maximum atomic E-state index is 4.31. The molecule has 0 fully saturated rings. The summed E-state index contributed by atoms with van der Waals surface area (Å²) in [6.45, 7) is 3.96. The molecule has 0 bridgehead atoms. The molecule has 0 saturated heterocycles. The molecule has 0 amide bonds. The van der Waals surface area contributed by atoms with Gasteiger partial charge in [-0.25, -0.2) is 19.9 Å². The van der Waals surface area contributed by atoms with E-state index >= 15 is 0 Å². The molecule has 0 aliphatic rings. The monoisotopic (exact) mass is 213 g/mol. The Morgan fingerprint density at radius 1 is 0.812 bits per heavy atom. The summed E-state index contributed by atoms with van der Waals surface area (Å²) in [4.78, 5) is 17.0. The predicted molar refractivity (Wildman–Crippen MR) is 61.1 cm³/mol. The van der Waals surface area contributed by atoms with Crippen molar-refractivity contribution in [3.8, 4) is 0 Å². The van der Waals surface area contributed by atoms with Crippen LogP contribution in [0.5, 0.6) is 0 Å². The van der Waals surface area contributed by atoms with Crippen LogP contribution in [-0.2, 0) is 7.05 Å². The van der Waals surface area contributed by atoms with Gasteiger partial charge in [-0.05, 0) is 13.8 Å². The summed E-state index contributed by atoms with van der Waals surface area (Å²) in [7, 11) is 2.00. The number of hydrogen-bond acceptors (Lipinski definition) is 4. The summed E-state index contributed by atoms with van der Waals surface area (Å²) in [5, 5.41) is 0. The van der Waals surface area contributed by atoms with Gasteiger partial charge in [0.2, 0.25) is 0 Å². The van der Waals surface area contributed by atoms with Crippen molar-refractivity contribution in [2.45, 2.75) is 13.8 Å². The average molecular weight is 213 g/mol. The standard InChI is InChI=1S/C11H11N5/c1-6-10-8(14-4-12-6)9-11(16(10)3)7(2)13-5-15-9/h4-5H,1-3H3. The normalized spacial score (nSPS) is 11.4. The van der Waals surface area contributed by atoms with Gasteiger partial charge in [-0.15, -0.1) is 0 Å². The van der Waals surface area contributed by atoms with Crippen LogP contribution in [0.1, 0.15) is 11.4 Å². The zero-order valence-electron chi connectivity index (χ0n) is 9.39. The average Bonchev–Trinajstić information content (AvgIpc) is 2.56. The van der Waals surface area contributed by atoms with E-state index in [0.29, 0.717) is 0 Å². The third kappa shape index (κ3) is 0.997. The van der Waals surface area contributed by atoms with E-state index in [1.165, 1.54) is 0 Å². The molecule has 0 radical (unpaired) electrons. The van der Waals surface area contributed by atoms with Gasteiger partial charge in [-0.3, -0.25) is 0 Å². The minimum absolute atomic E-state index is 0.899. The highest BCUT2D eigenvalue weighted by Crippen LogP contribution is 2.26. The zero-order valence-corrected chi connectivity index (χ0v) is 9.39. The smallest absolute Gasteiger partial charge is 0.118 e. The quantitative estimate of drug-likeness (QED) is 0.568. The maximum absolute atomic E-state index is 4.31. The summed E-state index contributed by atoms with van der Waals surface area (Å²) in [5.74, 6) is 0. The Kier molecular flexibility index (Phi) is 1.71. The number of rotatable bonds is 0. The molecule has 0 spiro atoms. The molecule has 80 valence electrons. The second-order valence-corrected chi connectivity index (χ2v) is 3.87. The molecule has 3 rings (SSSR count). The Bertz CT molecular complexity index is 639. The van der Waals surface area contributed by atoms with Crippen molar-refractivity contribution in [2.75, 3.05) is 0 Å². The summed E-state index contributed by atoms with van der Waals surface area (Å²) in [5.41, 5.74) is 5.78. The first kappa shape index (κ1) is 9.21. The zero-order chi connectivity index (χ0) is 11.3. The number of aromatic nitrogens is 5. The minimum atomic E-state index is 0.899. The highest BCUT2D eigenvalue weighted by molar-refractivity contribution is 6.04. The third-order valence-corrected chi connectivity index (χ3v) is 2.91. The maximum Gasteiger partial charge on any atom is 0.118 e. The van der Waals surface area contributed by atoms with Crippen LogP contribution in [0.25, 0.3) is 22.1 Å². The fourth-order valence-electron chi connectivity index (χ4n) is 2.20. The molecule has 0 aliphatic heterocycles. The van der Waals surface area contributed by atoms with Crippen molar-refractivity contribution in [1.29, 1.82) is 0 Å². The van der Waals surface area contributed by atoms with Crippen LogP contribution in [0.4, 0.5) is 0 Å². The topological polar surface area (TPSA) is 56.5 Å². The van der Waals surface area contributed by atoms with Gasteiger partial charge in [0.1, 0.15) is 23.7 Å². The third-order valence-electron chi connectivity index (χ3n) is 2.91. The van der Waals surface area contributed by atoms with Gasteiger partial charge >= 0.3 is 0 Å². The van der Waals surface area contributed by atoms with Gasteiger partial charge < -0.3 is 4.57 Å². The molecule has 5 heteroatoms. The van der Waals surface area contributed by atoms with E-state index in [1.807, 2.05) is 20.9 Å². The Labute approximate surface area is 92.2 Å². The van der Waals surface area contributed by atoms with Crippen molar-refractivity contribution >= 4 is 22.1 Å². The van der Waals surface area contributed by atoms with Gasteiger partial charge in [0.15, 0.2) is 0 Å². The van der Waals surface area contributed by atoms with E-state index in [4.69, 9.17) is 0 Å². The van der Waals surface area contributed by atoms with E-state index in [0.717, 1.165) is 33.5 Å². The molecule has 3 aromatic heterocycles. The lowest BCUT2D eigenvalue weighted by atomic mass is 10.3. The second kappa shape index (κ2) is 2.98. The van der Waals surface area contributed by atoms with Gasteiger partial charge in [-0.1, -0.05) is 0 Å². The van der Waals surface area contributed by atoms with E-state index in [9.17, 15) is 0 Å². The minimum Gasteiger partial charge on any atom is -0.338 e. The fraction of sp³-hybridized carbons (Fsp3) is 0.273. The molecule has 0 saturated carbocycles. The summed E-state index contributed by atoms with van der Waals surface area (Å²) in [6.07, 6.45) is 3.16. The van der Waals surface area contributed by atoms with E-state index in [-0.39, 0.29) is 0 Å². The number of nitrogens with zero attached hydrogens (tertiary/aromatic N) is 5. The molecule has 0 aliphatic carbocycles. The van der Waals surface area contributed by atoms with Crippen LogP contribution < -0.4 is 0 Å². The first-order valence-corrected chi connectivity index (χ1v) is 5.07. The van der Waals surface area contributed by atoms with Gasteiger partial charge in [-0.2, -0.15) is 0 Å². The van der Waals surface area contributed by atoms with Gasteiger partial charge in [0.25, 0.3) is 0 Å². The molecule has 0 unspecified atom stereocenters. The van der Waals surface area contributed by atoms with E-state index in [2.05, 4.69) is 24.5 Å². The molecule has 3 aromatic rings. The molecular formula is C11H11N5. The van der Waals surface area contributed by atoms with Crippen LogP contribution >= 0.6 is 0 Å². The molecule has 0 aromatic carbocycles. The molecule has 16 heavy (non-hydrogen) atoms. The fourth-order valence-corrected chi connectivity index (χ4v) is 2.20. The van der Waals surface area contributed by atoms with Crippen molar-refractivity contribution in [2.24, 2.45) is 7.05 Å². The lowest BCUT2D eigenvalue weighted by Crippen LogP contribution is -1.94. The van der Waals surface area contributed by atoms with Crippen LogP contribution in [0.2, 0.25) is 0 Å². The SMILES string of the molecule is Cc1ncnc2c3ncnc(C)c3n(C)c12. The lowest BCUT2D eigenvalue weighted by molar-refractivity contribution is 0.972. The van der Waals surface area contributed by atoms with Crippen LogP contribution in [0.3, 0.4) is 0 Å². The summed E-state index contributed by atoms with van der Waals surface area (Å²) in [6, 6.07) is 0. The Morgan fingerprint density at radius 3 is 1.69 bits per heavy atom. The first-order chi connectivity index (χ1) is 7.70. The lowest BCUT2D eigenvalue weighted by Gasteiger charge is -2.00. The Hall–Kier alpha value is -2.04. The summed E-state index contributed by atoms with van der Waals surface area (Å²) >= 11 is 0. The highest BCUT2D eigenvalue weighted by Gasteiger charge is 2.14. The predicted octanol–water partition coefficient (Wildman–Crippen LogP) is 1.53. The largest absolute Gasteiger partial charge is 0.338 e. The van der Waals surface area contributed by atoms with Crippen molar-refractivity contribution in [3.63, 3.8) is 0 Å². The van der Waals surface area contributed by atoms with Crippen LogP contribution in [0.15, 0.2) is 12.7 Å². The van der Waals surface area contributed by atoms with E-state index in [1.54, 1.807) is 12.7 Å². The highest BCUT2D eigenvalue weighted by atomic mass is 15.0. The van der Waals surface area contributed by atoms with Gasteiger partial charge in [0, 0.05) is 7.05 Å². The number of aryl methyl sites for hydroxylation is 3. The number of fused-ring (bicyclic) bond motifs is 3. The molecule has 5 nitrogen and oxygen atoms in total. The second-order valence-electron chi connectivity index (χ2n) is 3.87. The van der Waals surface area contributed by atoms with Crippen LogP contribution in [-0.4, -0.2) is 24.5 Å². The van der Waals surface area contributed by atoms with Crippen molar-refractivity contribution in [1.82, 2.24) is 24.5 Å². The number of hydrogen-bond donors (Lipinski definition) is 0. The van der Waals surface area contributed by atoms with E-state index < -0.39 is 0 Å². The first-order valence-electron chi connectivity index (χ1n) is 5.07. The molecule has 0 atom stereocenters. The molecule has 3 heterocycles.